The highest BCUT2D eigenvalue weighted by Gasteiger charge is 2.08. The lowest BCUT2D eigenvalue weighted by Gasteiger charge is -2.22. The highest BCUT2D eigenvalue weighted by atomic mass is 15.1. The van der Waals surface area contributed by atoms with E-state index in [1.807, 2.05) is 0 Å². The zero-order valence-electron chi connectivity index (χ0n) is 13.6. The predicted octanol–water partition coefficient (Wildman–Crippen LogP) is 4.77. The zero-order chi connectivity index (χ0) is 15.5. The van der Waals surface area contributed by atoms with Gasteiger partial charge in [0.15, 0.2) is 0 Å². The molecule has 0 saturated carbocycles. The lowest BCUT2D eigenvalue weighted by atomic mass is 10.2. The van der Waals surface area contributed by atoms with Crippen LogP contribution in [0.5, 0.6) is 0 Å². The van der Waals surface area contributed by atoms with Crippen molar-refractivity contribution in [3.63, 3.8) is 0 Å². The lowest BCUT2D eigenvalue weighted by Crippen LogP contribution is -2.23. The van der Waals surface area contributed by atoms with Crippen molar-refractivity contribution in [1.82, 2.24) is 9.97 Å². The number of aromatic amines is 1. The third-order valence-electron chi connectivity index (χ3n) is 4.10. The van der Waals surface area contributed by atoms with E-state index >= 15 is 0 Å². The van der Waals surface area contributed by atoms with E-state index in [2.05, 4.69) is 73.1 Å². The Kier molecular flexibility index (Phi) is 4.14. The van der Waals surface area contributed by atoms with E-state index in [-0.39, 0.29) is 0 Å². The second-order valence-corrected chi connectivity index (χ2v) is 5.68. The first-order valence-electron chi connectivity index (χ1n) is 8.03. The van der Waals surface area contributed by atoms with Gasteiger partial charge in [0.2, 0.25) is 0 Å². The molecule has 0 fully saturated rings. The molecule has 3 aromatic rings. The molecule has 2 aromatic carbocycles. The number of H-pyrrole nitrogens is 1. The van der Waals surface area contributed by atoms with Crippen LogP contribution >= 0.6 is 0 Å². The Hall–Kier alpha value is -2.29. The average molecular weight is 293 g/mol. The molecule has 0 aliphatic heterocycles. The van der Waals surface area contributed by atoms with Crippen LogP contribution in [0, 0.1) is 6.92 Å². The number of aromatic nitrogens is 2. The van der Waals surface area contributed by atoms with Gasteiger partial charge in [-0.05, 0) is 56.2 Å². The molecule has 0 bridgehead atoms. The molecule has 0 saturated heterocycles. The van der Waals surface area contributed by atoms with Crippen LogP contribution in [-0.4, -0.2) is 23.1 Å². The maximum absolute atomic E-state index is 4.74. The molecule has 0 aliphatic carbocycles. The van der Waals surface area contributed by atoms with Crippen molar-refractivity contribution >= 4 is 16.7 Å². The second-order valence-electron chi connectivity index (χ2n) is 5.68. The first-order valence-corrected chi connectivity index (χ1v) is 8.03. The van der Waals surface area contributed by atoms with Crippen LogP contribution in [-0.2, 0) is 0 Å². The number of nitrogens with zero attached hydrogens (tertiary/aromatic N) is 2. The molecule has 3 nitrogen and oxygen atoms in total. The minimum Gasteiger partial charge on any atom is -0.372 e. The fourth-order valence-corrected chi connectivity index (χ4v) is 2.88. The minimum absolute atomic E-state index is 0.939. The number of fused-ring (bicyclic) bond motifs is 1. The summed E-state index contributed by atoms with van der Waals surface area (Å²) in [5, 5.41) is 0. The standard InChI is InChI=1S/C19H23N3/c1-4-13-22(5-2)16-11-9-15(10-12-16)19-20-17-8-6-7-14(3)18(17)21-19/h6-12H,4-5,13H2,1-3H3,(H,20,21). The Morgan fingerprint density at radius 1 is 1.05 bits per heavy atom. The Morgan fingerprint density at radius 2 is 1.82 bits per heavy atom. The maximum Gasteiger partial charge on any atom is 0.138 e. The number of para-hydroxylation sites is 1. The van der Waals surface area contributed by atoms with Gasteiger partial charge >= 0.3 is 0 Å². The lowest BCUT2D eigenvalue weighted by molar-refractivity contribution is 0.792. The largest absolute Gasteiger partial charge is 0.372 e. The molecule has 22 heavy (non-hydrogen) atoms. The van der Waals surface area contributed by atoms with E-state index < -0.39 is 0 Å². The molecule has 0 aliphatic rings. The topological polar surface area (TPSA) is 31.9 Å². The summed E-state index contributed by atoms with van der Waals surface area (Å²) in [6.45, 7) is 8.65. The van der Waals surface area contributed by atoms with Gasteiger partial charge in [-0.15, -0.1) is 0 Å². The van der Waals surface area contributed by atoms with Crippen LogP contribution in [0.1, 0.15) is 25.8 Å². The van der Waals surface area contributed by atoms with E-state index in [0.717, 1.165) is 35.5 Å². The van der Waals surface area contributed by atoms with Crippen molar-refractivity contribution in [3.05, 3.63) is 48.0 Å². The Labute approximate surface area is 132 Å². The van der Waals surface area contributed by atoms with Crippen LogP contribution < -0.4 is 4.90 Å². The first-order chi connectivity index (χ1) is 10.7. The molecule has 3 heteroatoms. The van der Waals surface area contributed by atoms with Gasteiger partial charge in [-0.2, -0.15) is 0 Å². The minimum atomic E-state index is 0.939. The molecular formula is C19H23N3. The summed E-state index contributed by atoms with van der Waals surface area (Å²) in [5.41, 5.74) is 5.77. The fourth-order valence-electron chi connectivity index (χ4n) is 2.88. The second kappa shape index (κ2) is 6.22. The molecule has 114 valence electrons. The molecule has 1 N–H and O–H groups in total. The molecule has 0 amide bonds. The van der Waals surface area contributed by atoms with Crippen LogP contribution in [0.15, 0.2) is 42.5 Å². The van der Waals surface area contributed by atoms with Crippen molar-refractivity contribution in [2.45, 2.75) is 27.2 Å². The van der Waals surface area contributed by atoms with E-state index in [4.69, 9.17) is 4.98 Å². The quantitative estimate of drug-likeness (QED) is 0.734. The van der Waals surface area contributed by atoms with Crippen LogP contribution in [0.25, 0.3) is 22.4 Å². The van der Waals surface area contributed by atoms with E-state index in [0.29, 0.717) is 0 Å². The number of rotatable bonds is 5. The summed E-state index contributed by atoms with van der Waals surface area (Å²) >= 11 is 0. The average Bonchev–Trinajstić information content (AvgIpc) is 2.98. The van der Waals surface area contributed by atoms with Gasteiger partial charge in [-0.3, -0.25) is 0 Å². The van der Waals surface area contributed by atoms with Crippen molar-refractivity contribution < 1.29 is 0 Å². The number of aryl methyl sites for hydroxylation is 1. The van der Waals surface area contributed by atoms with Gasteiger partial charge in [0.1, 0.15) is 5.82 Å². The van der Waals surface area contributed by atoms with Crippen LogP contribution in [0.3, 0.4) is 0 Å². The smallest absolute Gasteiger partial charge is 0.138 e. The maximum atomic E-state index is 4.74. The molecule has 0 atom stereocenters. The van der Waals surface area contributed by atoms with E-state index in [1.54, 1.807) is 0 Å². The third kappa shape index (κ3) is 2.71. The van der Waals surface area contributed by atoms with Gasteiger partial charge in [-0.25, -0.2) is 4.98 Å². The molecule has 3 rings (SSSR count). The Morgan fingerprint density at radius 3 is 2.45 bits per heavy atom. The van der Waals surface area contributed by atoms with Crippen LogP contribution in [0.2, 0.25) is 0 Å². The SMILES string of the molecule is CCCN(CC)c1ccc(-c2nc3c(C)cccc3[nH]2)cc1. The van der Waals surface area contributed by atoms with Gasteiger partial charge < -0.3 is 9.88 Å². The van der Waals surface area contributed by atoms with E-state index in [1.165, 1.54) is 17.7 Å². The summed E-state index contributed by atoms with van der Waals surface area (Å²) in [5.74, 6) is 0.939. The third-order valence-corrected chi connectivity index (χ3v) is 4.10. The summed E-state index contributed by atoms with van der Waals surface area (Å²) in [4.78, 5) is 10.6. The van der Waals surface area contributed by atoms with Gasteiger partial charge in [0, 0.05) is 24.3 Å². The summed E-state index contributed by atoms with van der Waals surface area (Å²) in [7, 11) is 0. The zero-order valence-corrected chi connectivity index (χ0v) is 13.6. The molecule has 0 unspecified atom stereocenters. The van der Waals surface area contributed by atoms with Crippen LogP contribution in [0.4, 0.5) is 5.69 Å². The molecule has 1 heterocycles. The highest BCUT2D eigenvalue weighted by molar-refractivity contribution is 5.82. The Bertz CT molecular complexity index is 756. The highest BCUT2D eigenvalue weighted by Crippen LogP contribution is 2.24. The first kappa shape index (κ1) is 14.6. The van der Waals surface area contributed by atoms with Crippen molar-refractivity contribution in [1.29, 1.82) is 0 Å². The molecule has 1 aromatic heterocycles. The van der Waals surface area contributed by atoms with Crippen molar-refractivity contribution in [3.8, 4) is 11.4 Å². The number of hydrogen-bond donors (Lipinski definition) is 1. The van der Waals surface area contributed by atoms with Gasteiger partial charge in [0.05, 0.1) is 11.0 Å². The number of hydrogen-bond acceptors (Lipinski definition) is 2. The number of nitrogens with one attached hydrogen (secondary N) is 1. The van der Waals surface area contributed by atoms with Gasteiger partial charge in [-0.1, -0.05) is 19.1 Å². The van der Waals surface area contributed by atoms with Crippen molar-refractivity contribution in [2.24, 2.45) is 0 Å². The van der Waals surface area contributed by atoms with Crippen molar-refractivity contribution in [2.75, 3.05) is 18.0 Å². The predicted molar refractivity (Wildman–Crippen MR) is 94.4 cm³/mol. The summed E-state index contributed by atoms with van der Waals surface area (Å²) < 4.78 is 0. The monoisotopic (exact) mass is 293 g/mol. The fraction of sp³-hybridized carbons (Fsp3) is 0.316. The Balaban J connectivity index is 1.92. The molecule has 0 radical (unpaired) electrons. The number of imidazole rings is 1. The summed E-state index contributed by atoms with van der Waals surface area (Å²) in [6.07, 6.45) is 1.17. The van der Waals surface area contributed by atoms with E-state index in [9.17, 15) is 0 Å². The van der Waals surface area contributed by atoms with Gasteiger partial charge in [0.25, 0.3) is 0 Å². The molecule has 0 spiro atoms. The summed E-state index contributed by atoms with van der Waals surface area (Å²) in [6, 6.07) is 14.9. The normalized spacial score (nSPS) is 11.0. The molecular weight excluding hydrogens is 270 g/mol. The number of anilines is 1. The number of benzene rings is 2.